The van der Waals surface area contributed by atoms with Gasteiger partial charge in [-0.05, 0) is 47.5 Å². The van der Waals surface area contributed by atoms with Crippen molar-refractivity contribution in [2.75, 3.05) is 0 Å². The highest BCUT2D eigenvalue weighted by Gasteiger charge is 2.27. The molecule has 0 saturated carbocycles. The van der Waals surface area contributed by atoms with Crippen LogP contribution in [0.25, 0.3) is 16.8 Å². The van der Waals surface area contributed by atoms with Gasteiger partial charge in [-0.1, -0.05) is 42.5 Å². The standard InChI is InChI=1S/C21H16O3/c1-13-12-17-18(22)11-10-14-8-5-9-16(19(14)17)20(13)24-21(23)15-6-3-2-4-7-15/h2-12,20,22H,1H3. The van der Waals surface area contributed by atoms with E-state index in [-0.39, 0.29) is 11.7 Å². The zero-order chi connectivity index (χ0) is 16.7. The Kier molecular flexibility index (Phi) is 3.35. The molecule has 4 rings (SSSR count). The van der Waals surface area contributed by atoms with Crippen LogP contribution >= 0.6 is 0 Å². The molecule has 0 radical (unpaired) electrons. The summed E-state index contributed by atoms with van der Waals surface area (Å²) in [5.74, 6) is -0.115. The van der Waals surface area contributed by atoms with Gasteiger partial charge in [-0.2, -0.15) is 0 Å². The fraction of sp³-hybridized carbons (Fsp3) is 0.0952. The summed E-state index contributed by atoms with van der Waals surface area (Å²) >= 11 is 0. The van der Waals surface area contributed by atoms with Crippen LogP contribution in [0.5, 0.6) is 5.75 Å². The molecule has 1 N–H and O–H groups in total. The van der Waals surface area contributed by atoms with Crippen LogP contribution in [0.3, 0.4) is 0 Å². The van der Waals surface area contributed by atoms with E-state index in [1.807, 2.05) is 55.5 Å². The summed E-state index contributed by atoms with van der Waals surface area (Å²) in [6.45, 7) is 1.91. The second kappa shape index (κ2) is 5.53. The van der Waals surface area contributed by atoms with E-state index in [0.717, 1.165) is 27.5 Å². The van der Waals surface area contributed by atoms with E-state index in [9.17, 15) is 9.90 Å². The van der Waals surface area contributed by atoms with Gasteiger partial charge in [0.25, 0.3) is 0 Å². The Balaban J connectivity index is 1.80. The fourth-order valence-electron chi connectivity index (χ4n) is 3.24. The number of phenols is 1. The van der Waals surface area contributed by atoms with Crippen LogP contribution in [0.1, 0.15) is 34.5 Å². The summed E-state index contributed by atoms with van der Waals surface area (Å²) in [5, 5.41) is 12.1. The third-order valence-corrected chi connectivity index (χ3v) is 4.40. The molecule has 1 aliphatic rings. The average molecular weight is 316 g/mol. The summed E-state index contributed by atoms with van der Waals surface area (Å²) in [7, 11) is 0. The Morgan fingerprint density at radius 3 is 2.58 bits per heavy atom. The third kappa shape index (κ3) is 2.26. The maximum atomic E-state index is 12.5. The van der Waals surface area contributed by atoms with Gasteiger partial charge in [0.15, 0.2) is 0 Å². The Morgan fingerprint density at radius 1 is 1.00 bits per heavy atom. The van der Waals surface area contributed by atoms with Crippen molar-refractivity contribution in [3.05, 3.63) is 82.9 Å². The first-order valence-corrected chi connectivity index (χ1v) is 7.84. The molecule has 3 aromatic rings. The molecule has 3 nitrogen and oxygen atoms in total. The van der Waals surface area contributed by atoms with Gasteiger partial charge in [-0.3, -0.25) is 0 Å². The molecule has 0 amide bonds. The Hall–Kier alpha value is -3.07. The molecule has 0 aromatic heterocycles. The number of esters is 1. The van der Waals surface area contributed by atoms with E-state index in [1.165, 1.54) is 0 Å². The number of aromatic hydroxyl groups is 1. The van der Waals surface area contributed by atoms with Crippen molar-refractivity contribution < 1.29 is 14.6 Å². The van der Waals surface area contributed by atoms with Crippen molar-refractivity contribution in [3.8, 4) is 5.75 Å². The predicted molar refractivity (Wildman–Crippen MR) is 93.9 cm³/mol. The Labute approximate surface area is 139 Å². The van der Waals surface area contributed by atoms with E-state index >= 15 is 0 Å². The quantitative estimate of drug-likeness (QED) is 0.687. The summed E-state index contributed by atoms with van der Waals surface area (Å²) in [6, 6.07) is 18.4. The molecule has 0 bridgehead atoms. The Bertz CT molecular complexity index is 971. The van der Waals surface area contributed by atoms with E-state index < -0.39 is 6.10 Å². The van der Waals surface area contributed by atoms with Gasteiger partial charge in [0.2, 0.25) is 0 Å². The number of benzene rings is 3. The molecule has 24 heavy (non-hydrogen) atoms. The largest absolute Gasteiger partial charge is 0.507 e. The maximum Gasteiger partial charge on any atom is 0.339 e. The highest BCUT2D eigenvalue weighted by molar-refractivity contribution is 5.99. The van der Waals surface area contributed by atoms with Gasteiger partial charge < -0.3 is 9.84 Å². The van der Waals surface area contributed by atoms with Gasteiger partial charge in [-0.15, -0.1) is 0 Å². The monoisotopic (exact) mass is 316 g/mol. The van der Waals surface area contributed by atoms with Crippen molar-refractivity contribution in [1.29, 1.82) is 0 Å². The van der Waals surface area contributed by atoms with Crippen LogP contribution in [0.4, 0.5) is 0 Å². The summed E-state index contributed by atoms with van der Waals surface area (Å²) < 4.78 is 5.79. The molecule has 1 unspecified atom stereocenters. The van der Waals surface area contributed by atoms with Crippen molar-refractivity contribution in [2.45, 2.75) is 13.0 Å². The molecular weight excluding hydrogens is 300 g/mol. The number of carbonyl (C=O) groups is 1. The number of ether oxygens (including phenoxy) is 1. The van der Waals surface area contributed by atoms with Gasteiger partial charge in [-0.25, -0.2) is 4.79 Å². The van der Waals surface area contributed by atoms with Crippen LogP contribution in [0.2, 0.25) is 0 Å². The van der Waals surface area contributed by atoms with Crippen molar-refractivity contribution >= 4 is 22.8 Å². The zero-order valence-electron chi connectivity index (χ0n) is 13.2. The van der Waals surface area contributed by atoms with Crippen LogP contribution in [-0.4, -0.2) is 11.1 Å². The smallest absolute Gasteiger partial charge is 0.339 e. The number of phenolic OH excluding ortho intramolecular Hbond substituents is 1. The van der Waals surface area contributed by atoms with Gasteiger partial charge in [0.05, 0.1) is 5.56 Å². The minimum absolute atomic E-state index is 0.238. The van der Waals surface area contributed by atoms with E-state index in [2.05, 4.69) is 0 Å². The molecule has 0 heterocycles. The van der Waals surface area contributed by atoms with Crippen LogP contribution < -0.4 is 0 Å². The minimum Gasteiger partial charge on any atom is -0.507 e. The molecule has 0 fully saturated rings. The molecule has 1 atom stereocenters. The lowest BCUT2D eigenvalue weighted by molar-refractivity contribution is 0.0374. The van der Waals surface area contributed by atoms with Gasteiger partial charge in [0.1, 0.15) is 11.9 Å². The second-order valence-electron chi connectivity index (χ2n) is 5.98. The molecule has 118 valence electrons. The summed E-state index contributed by atoms with van der Waals surface area (Å²) in [6.07, 6.45) is 1.45. The summed E-state index contributed by atoms with van der Waals surface area (Å²) in [5.41, 5.74) is 3.11. The van der Waals surface area contributed by atoms with Crippen molar-refractivity contribution in [3.63, 3.8) is 0 Å². The second-order valence-corrected chi connectivity index (χ2v) is 5.98. The van der Waals surface area contributed by atoms with Crippen LogP contribution in [0, 0.1) is 0 Å². The van der Waals surface area contributed by atoms with Crippen LogP contribution in [0.15, 0.2) is 66.2 Å². The lowest BCUT2D eigenvalue weighted by Gasteiger charge is -2.26. The highest BCUT2D eigenvalue weighted by Crippen LogP contribution is 2.42. The van der Waals surface area contributed by atoms with Crippen molar-refractivity contribution in [2.24, 2.45) is 0 Å². The normalized spacial score (nSPS) is 15.9. The first-order chi connectivity index (χ1) is 11.6. The zero-order valence-corrected chi connectivity index (χ0v) is 13.2. The topological polar surface area (TPSA) is 46.5 Å². The molecule has 0 spiro atoms. The first-order valence-electron chi connectivity index (χ1n) is 7.84. The first kappa shape index (κ1) is 14.5. The molecule has 1 aliphatic carbocycles. The lowest BCUT2D eigenvalue weighted by Crippen LogP contribution is -2.15. The maximum absolute atomic E-state index is 12.5. The number of hydrogen-bond acceptors (Lipinski definition) is 3. The fourth-order valence-corrected chi connectivity index (χ4v) is 3.24. The highest BCUT2D eigenvalue weighted by atomic mass is 16.5. The predicted octanol–water partition coefficient (Wildman–Crippen LogP) is 4.86. The Morgan fingerprint density at radius 2 is 1.79 bits per heavy atom. The SMILES string of the molecule is CC1=Cc2c(O)ccc3cccc(c23)C1OC(=O)c1ccccc1. The molecule has 3 aromatic carbocycles. The number of rotatable bonds is 2. The molecular formula is C21H16O3. The van der Waals surface area contributed by atoms with Crippen molar-refractivity contribution in [1.82, 2.24) is 0 Å². The van der Waals surface area contributed by atoms with E-state index in [1.54, 1.807) is 18.2 Å². The molecule has 0 aliphatic heterocycles. The minimum atomic E-state index is -0.448. The summed E-state index contributed by atoms with van der Waals surface area (Å²) in [4.78, 5) is 12.5. The van der Waals surface area contributed by atoms with Gasteiger partial charge in [0, 0.05) is 11.1 Å². The van der Waals surface area contributed by atoms with Crippen LogP contribution in [-0.2, 0) is 4.74 Å². The number of hydrogen-bond donors (Lipinski definition) is 1. The van der Waals surface area contributed by atoms with Gasteiger partial charge >= 0.3 is 5.97 Å². The third-order valence-electron chi connectivity index (χ3n) is 4.40. The molecule has 0 saturated heterocycles. The van der Waals surface area contributed by atoms with E-state index in [0.29, 0.717) is 5.56 Å². The average Bonchev–Trinajstić information content (AvgIpc) is 2.61. The van der Waals surface area contributed by atoms with E-state index in [4.69, 9.17) is 4.74 Å². The lowest BCUT2D eigenvalue weighted by atomic mass is 9.87. The molecule has 3 heteroatoms. The number of carbonyl (C=O) groups excluding carboxylic acids is 1.